The number of nitrogens with zero attached hydrogens (tertiary/aromatic N) is 1. The van der Waals surface area contributed by atoms with Crippen LogP contribution in [0, 0.1) is 6.92 Å². The number of imide groups is 1. The Morgan fingerprint density at radius 2 is 1.47 bits per heavy atom. The van der Waals surface area contributed by atoms with Gasteiger partial charge in [0, 0.05) is 0 Å². The maximum Gasteiger partial charge on any atom is 0.293 e. The van der Waals surface area contributed by atoms with E-state index in [0.29, 0.717) is 10.5 Å². The molecule has 1 fully saturated rings. The summed E-state index contributed by atoms with van der Waals surface area (Å²) < 4.78 is 0. The number of benzene rings is 2. The summed E-state index contributed by atoms with van der Waals surface area (Å²) in [5, 5.41) is -0.249. The number of carbonyl (C=O) groups is 3. The topological polar surface area (TPSA) is 54.5 Å². The van der Waals surface area contributed by atoms with Crippen molar-refractivity contribution >= 4 is 41.3 Å². The Labute approximate surface area is 181 Å². The highest BCUT2D eigenvalue weighted by Gasteiger charge is 2.34. The molecular weight excluding hydrogens is 394 g/mol. The molecule has 4 nitrogen and oxygen atoms in total. The van der Waals surface area contributed by atoms with Gasteiger partial charge in [0.15, 0.2) is 0 Å². The molecule has 2 aromatic carbocycles. The molecule has 0 bridgehead atoms. The van der Waals surface area contributed by atoms with E-state index in [1.54, 1.807) is 13.0 Å². The van der Waals surface area contributed by atoms with Gasteiger partial charge in [-0.25, -0.2) is 0 Å². The summed E-state index contributed by atoms with van der Waals surface area (Å²) in [5.41, 5.74) is 5.53. The average Bonchev–Trinajstić information content (AvgIpc) is 2.98. The Kier molecular flexibility index (Phi) is 6.85. The van der Waals surface area contributed by atoms with Crippen LogP contribution in [0.4, 0.5) is 4.79 Å². The van der Waals surface area contributed by atoms with Crippen LogP contribution in [0.25, 0.3) is 12.2 Å². The molecule has 0 unspecified atom stereocenters. The minimum atomic E-state index is -0.261. The van der Waals surface area contributed by atoms with Crippen molar-refractivity contribution < 1.29 is 14.4 Å². The molecule has 0 aromatic heterocycles. The molecular formula is C25H23NO3S. The fourth-order valence-corrected chi connectivity index (χ4v) is 3.90. The molecule has 0 radical (unpaired) electrons. The van der Waals surface area contributed by atoms with Gasteiger partial charge in [0.05, 0.1) is 11.4 Å². The van der Waals surface area contributed by atoms with E-state index in [2.05, 4.69) is 0 Å². The van der Waals surface area contributed by atoms with Crippen LogP contribution in [0.5, 0.6) is 0 Å². The summed E-state index contributed by atoms with van der Waals surface area (Å²) in [6, 6.07) is 15.6. The average molecular weight is 418 g/mol. The van der Waals surface area contributed by atoms with E-state index in [1.807, 2.05) is 74.5 Å². The maximum atomic E-state index is 12.7. The van der Waals surface area contributed by atoms with E-state index < -0.39 is 0 Å². The normalized spacial score (nSPS) is 16.5. The lowest BCUT2D eigenvalue weighted by Gasteiger charge is -2.12. The molecule has 5 heteroatoms. The van der Waals surface area contributed by atoms with Gasteiger partial charge in [0.1, 0.15) is 6.29 Å². The summed E-state index contributed by atoms with van der Waals surface area (Å²) in [6.07, 6.45) is 6.35. The smallest absolute Gasteiger partial charge is 0.293 e. The van der Waals surface area contributed by atoms with Crippen molar-refractivity contribution in [2.75, 3.05) is 0 Å². The predicted molar refractivity (Wildman–Crippen MR) is 123 cm³/mol. The van der Waals surface area contributed by atoms with Gasteiger partial charge in [0.25, 0.3) is 11.1 Å². The lowest BCUT2D eigenvalue weighted by molar-refractivity contribution is -0.123. The molecule has 0 N–H and O–H groups in total. The molecule has 1 aliphatic heterocycles. The lowest BCUT2D eigenvalue weighted by atomic mass is 10.1. The highest BCUT2D eigenvalue weighted by Crippen LogP contribution is 2.33. The zero-order valence-electron chi connectivity index (χ0n) is 17.2. The molecule has 0 aliphatic carbocycles. The van der Waals surface area contributed by atoms with Crippen LogP contribution in [0.3, 0.4) is 0 Å². The third-order valence-corrected chi connectivity index (χ3v) is 5.51. The van der Waals surface area contributed by atoms with Crippen molar-refractivity contribution in [2.24, 2.45) is 0 Å². The first-order chi connectivity index (χ1) is 14.4. The molecule has 1 aliphatic rings. The van der Waals surface area contributed by atoms with Crippen LogP contribution in [-0.2, 0) is 16.1 Å². The maximum absolute atomic E-state index is 12.7. The van der Waals surface area contributed by atoms with E-state index in [0.717, 1.165) is 45.9 Å². The number of allylic oxidation sites excluding steroid dienone is 3. The molecule has 152 valence electrons. The Morgan fingerprint density at radius 1 is 0.900 bits per heavy atom. The third kappa shape index (κ3) is 5.45. The summed E-state index contributed by atoms with van der Waals surface area (Å²) >= 11 is 0.972. The molecule has 2 amide bonds. The first-order valence-corrected chi connectivity index (χ1v) is 10.4. The second kappa shape index (κ2) is 9.55. The SMILES string of the molecule is C/C(C=O)=C\c1ccc(/C=C(C)/C=C2\SC(=O)N(Cc3ccc(C)cc3)C2=O)cc1. The van der Waals surface area contributed by atoms with Crippen molar-refractivity contribution in [1.29, 1.82) is 0 Å². The number of hydrogen-bond acceptors (Lipinski definition) is 4. The fourth-order valence-electron chi connectivity index (χ4n) is 3.01. The fraction of sp³-hybridized carbons (Fsp3) is 0.160. The van der Waals surface area contributed by atoms with E-state index in [9.17, 15) is 14.4 Å². The Hall–Kier alpha value is -3.18. The molecule has 2 aromatic rings. The highest BCUT2D eigenvalue weighted by atomic mass is 32.2. The number of rotatable bonds is 6. The van der Waals surface area contributed by atoms with Gasteiger partial charge in [-0.15, -0.1) is 0 Å². The number of aldehydes is 1. The van der Waals surface area contributed by atoms with Crippen LogP contribution in [0.15, 0.2) is 70.7 Å². The van der Waals surface area contributed by atoms with Crippen molar-refractivity contribution in [1.82, 2.24) is 4.90 Å². The molecule has 0 atom stereocenters. The molecule has 0 spiro atoms. The zero-order valence-corrected chi connectivity index (χ0v) is 18.0. The summed E-state index contributed by atoms with van der Waals surface area (Å²) in [5.74, 6) is -0.261. The second-order valence-electron chi connectivity index (χ2n) is 7.31. The van der Waals surface area contributed by atoms with Gasteiger partial charge in [0.2, 0.25) is 0 Å². The van der Waals surface area contributed by atoms with Crippen LogP contribution >= 0.6 is 11.8 Å². The second-order valence-corrected chi connectivity index (χ2v) is 8.31. The molecule has 1 heterocycles. The van der Waals surface area contributed by atoms with Gasteiger partial charge in [-0.05, 0) is 72.5 Å². The number of aryl methyl sites for hydroxylation is 1. The van der Waals surface area contributed by atoms with E-state index >= 15 is 0 Å². The lowest BCUT2D eigenvalue weighted by Crippen LogP contribution is -2.27. The van der Waals surface area contributed by atoms with Gasteiger partial charge in [-0.3, -0.25) is 19.3 Å². The number of amides is 2. The highest BCUT2D eigenvalue weighted by molar-refractivity contribution is 8.18. The molecule has 30 heavy (non-hydrogen) atoms. The van der Waals surface area contributed by atoms with Gasteiger partial charge in [-0.1, -0.05) is 60.2 Å². The minimum absolute atomic E-state index is 0.249. The van der Waals surface area contributed by atoms with Gasteiger partial charge >= 0.3 is 0 Å². The quantitative estimate of drug-likeness (QED) is 0.442. The van der Waals surface area contributed by atoms with Crippen molar-refractivity contribution in [3.8, 4) is 0 Å². The summed E-state index contributed by atoms with van der Waals surface area (Å²) in [4.78, 5) is 37.5. The standard InChI is InChI=1S/C25H23NO3S/c1-17-4-6-22(7-5-17)15-26-24(28)23(30-25(26)29)14-18(2)12-20-8-10-21(11-9-20)13-19(3)16-27/h4-14,16H,15H2,1-3H3/b18-12+,19-13+,23-14-. The summed E-state index contributed by atoms with van der Waals surface area (Å²) in [6.45, 7) is 5.94. The molecule has 0 saturated carbocycles. The van der Waals surface area contributed by atoms with Gasteiger partial charge in [-0.2, -0.15) is 0 Å². The third-order valence-electron chi connectivity index (χ3n) is 4.60. The van der Waals surface area contributed by atoms with Crippen LogP contribution in [0.2, 0.25) is 0 Å². The number of hydrogen-bond donors (Lipinski definition) is 0. The largest absolute Gasteiger partial charge is 0.298 e. The Balaban J connectivity index is 1.72. The number of thioether (sulfide) groups is 1. The first-order valence-electron chi connectivity index (χ1n) is 9.58. The Morgan fingerprint density at radius 3 is 2.03 bits per heavy atom. The van der Waals surface area contributed by atoms with Crippen LogP contribution < -0.4 is 0 Å². The van der Waals surface area contributed by atoms with Crippen molar-refractivity contribution in [3.63, 3.8) is 0 Å². The predicted octanol–water partition coefficient (Wildman–Crippen LogP) is 5.78. The van der Waals surface area contributed by atoms with Crippen molar-refractivity contribution in [2.45, 2.75) is 27.3 Å². The zero-order chi connectivity index (χ0) is 21.7. The Bertz CT molecular complexity index is 1060. The minimum Gasteiger partial charge on any atom is -0.298 e. The molecule has 1 saturated heterocycles. The van der Waals surface area contributed by atoms with Crippen LogP contribution in [-0.4, -0.2) is 22.3 Å². The monoisotopic (exact) mass is 417 g/mol. The summed E-state index contributed by atoms with van der Waals surface area (Å²) in [7, 11) is 0. The van der Waals surface area contributed by atoms with Crippen LogP contribution in [0.1, 0.15) is 36.1 Å². The van der Waals surface area contributed by atoms with E-state index in [1.165, 1.54) is 4.90 Å². The van der Waals surface area contributed by atoms with E-state index in [-0.39, 0.29) is 17.7 Å². The first kappa shape index (κ1) is 21.5. The van der Waals surface area contributed by atoms with E-state index in [4.69, 9.17) is 0 Å². The molecule has 3 rings (SSSR count). The van der Waals surface area contributed by atoms with Crippen molar-refractivity contribution in [3.05, 3.63) is 92.9 Å². The van der Waals surface area contributed by atoms with Gasteiger partial charge < -0.3 is 0 Å². The number of carbonyl (C=O) groups excluding carboxylic acids is 3.